The summed E-state index contributed by atoms with van der Waals surface area (Å²) in [4.78, 5) is 14.0. The van der Waals surface area contributed by atoms with Crippen molar-refractivity contribution >= 4 is 16.9 Å². The largest absolute Gasteiger partial charge is 0.0149 e. The molecule has 1 unspecified atom stereocenters. The first-order valence-corrected chi connectivity index (χ1v) is 17.4. The smallest absolute Gasteiger partial charge is 0.0149 e. The van der Waals surface area contributed by atoms with Gasteiger partial charge in [-0.25, -0.2) is 0 Å². The van der Waals surface area contributed by atoms with Crippen LogP contribution in [0.25, 0.3) is 0 Å². The number of benzene rings is 1. The number of fused-ring (bicyclic) bond motifs is 1. The van der Waals surface area contributed by atoms with Crippen molar-refractivity contribution in [3.8, 4) is 0 Å². The van der Waals surface area contributed by atoms with Crippen molar-refractivity contribution in [2.75, 3.05) is 0 Å². The van der Waals surface area contributed by atoms with Gasteiger partial charge < -0.3 is 0 Å². The Morgan fingerprint density at radius 1 is 0.914 bits per heavy atom. The molecule has 4 heteroatoms. The van der Waals surface area contributed by atoms with Gasteiger partial charge in [0.2, 0.25) is 0 Å². The van der Waals surface area contributed by atoms with Gasteiger partial charge in [0.1, 0.15) is 0 Å². The zero-order valence-corrected chi connectivity index (χ0v) is 23.0. The minimum absolute atomic E-state index is 0. The fourth-order valence-corrected chi connectivity index (χ4v) is 8.64. The van der Waals surface area contributed by atoms with E-state index in [9.17, 15) is 4.79 Å². The summed E-state index contributed by atoms with van der Waals surface area (Å²) in [6, 6.07) is 10.6. The number of carbonyl (C=O) groups is 1. The molecule has 0 spiro atoms. The molecule has 1 aromatic carbocycles. The van der Waals surface area contributed by atoms with Crippen LogP contribution in [0.4, 0.5) is 0 Å². The molecule has 0 aromatic heterocycles. The van der Waals surface area contributed by atoms with Crippen molar-refractivity contribution < 1.29 is 22.7 Å². The van der Waals surface area contributed by atoms with Crippen LogP contribution in [-0.2, 0) is 28.2 Å². The first kappa shape index (κ1) is 28.2. The van der Waals surface area contributed by atoms with Crippen LogP contribution in [0.15, 0.2) is 75.2 Å². The SMILES string of the molecule is CC1=[C]([Ti]([CH3])[CH3])C2=CC=CC(NC(=O)C3CCCCCCCCCCC3)(c3ccccc3)C2=C1.[SiH4]. The zero-order chi connectivity index (χ0) is 24.0. The molecule has 0 bridgehead atoms. The average Bonchev–Trinajstić information content (AvgIpc) is 3.17. The van der Waals surface area contributed by atoms with Crippen LogP contribution in [0.1, 0.15) is 83.1 Å². The molecule has 1 N–H and O–H groups in total. The van der Waals surface area contributed by atoms with E-state index in [0.29, 0.717) is 0 Å². The van der Waals surface area contributed by atoms with Crippen molar-refractivity contribution in [1.82, 2.24) is 5.32 Å². The molecule has 0 saturated heterocycles. The van der Waals surface area contributed by atoms with E-state index < -0.39 is 23.4 Å². The molecule has 1 atom stereocenters. The van der Waals surface area contributed by atoms with E-state index in [1.54, 1.807) is 3.88 Å². The first-order valence-electron chi connectivity index (χ1n) is 13.5. The molecule has 1 saturated carbocycles. The van der Waals surface area contributed by atoms with Gasteiger partial charge in [-0.1, -0.05) is 6.42 Å². The van der Waals surface area contributed by atoms with Crippen LogP contribution in [0.2, 0.25) is 10.5 Å². The van der Waals surface area contributed by atoms with E-state index in [0.717, 1.165) is 18.4 Å². The molecule has 1 amide bonds. The van der Waals surface area contributed by atoms with E-state index in [1.807, 2.05) is 0 Å². The second kappa shape index (κ2) is 13.2. The maximum absolute atomic E-state index is 14.0. The molecule has 3 aliphatic rings. The summed E-state index contributed by atoms with van der Waals surface area (Å²) < 4.78 is 1.57. The topological polar surface area (TPSA) is 29.1 Å². The zero-order valence-electron chi connectivity index (χ0n) is 21.5. The molecule has 0 aliphatic heterocycles. The number of hydrogen-bond donors (Lipinski definition) is 1. The summed E-state index contributed by atoms with van der Waals surface area (Å²) in [6.45, 7) is 2.26. The minimum atomic E-state index is -1.30. The van der Waals surface area contributed by atoms with Crippen molar-refractivity contribution in [3.63, 3.8) is 0 Å². The number of allylic oxidation sites excluding steroid dienone is 5. The Balaban J connectivity index is 0.00000342. The fraction of sp³-hybridized carbons (Fsp3) is 0.516. The molecular formula is C31H46NOSiTi. The number of amides is 1. The standard InChI is InChI=1S/C29H36NO.2CH3.H4Si.Ti/c1-23-21-25-17-14-20-29(27(25)22-23,26-18-12-9-13-19-26)30-28(31)24-15-10-7-5-3-2-4-6-8-11-16-24;;;;/h9,12-14,17-20,22,24H,2-8,10-11,15-16H2,1H3,(H,30,31);2*1H3;1H4;. The summed E-state index contributed by atoms with van der Waals surface area (Å²) in [5.41, 5.74) is 4.60. The van der Waals surface area contributed by atoms with Crippen molar-refractivity contribution in [3.05, 3.63) is 80.8 Å². The Kier molecular flexibility index (Phi) is 10.6. The second-order valence-electron chi connectivity index (χ2n) is 10.7. The average molecular weight is 525 g/mol. The molecule has 2 nitrogen and oxygen atoms in total. The Morgan fingerprint density at radius 2 is 1.49 bits per heavy atom. The van der Waals surface area contributed by atoms with E-state index in [-0.39, 0.29) is 22.8 Å². The van der Waals surface area contributed by atoms with Crippen LogP contribution >= 0.6 is 0 Å². The maximum Gasteiger partial charge on any atom is -0.0149 e. The van der Waals surface area contributed by atoms with Crippen LogP contribution in [0, 0.1) is 5.92 Å². The predicted molar refractivity (Wildman–Crippen MR) is 152 cm³/mol. The summed E-state index contributed by atoms with van der Waals surface area (Å²) in [6.07, 6.45) is 22.7. The summed E-state index contributed by atoms with van der Waals surface area (Å²) >= 11 is -1.30. The normalized spacial score (nSPS) is 23.7. The van der Waals surface area contributed by atoms with Crippen LogP contribution < -0.4 is 5.32 Å². The van der Waals surface area contributed by atoms with Gasteiger partial charge in [0.15, 0.2) is 0 Å². The molecule has 3 aliphatic carbocycles. The van der Waals surface area contributed by atoms with Crippen LogP contribution in [0.5, 0.6) is 0 Å². The maximum atomic E-state index is 14.0. The van der Waals surface area contributed by atoms with Gasteiger partial charge in [0.05, 0.1) is 0 Å². The third-order valence-corrected chi connectivity index (χ3v) is 10.5. The van der Waals surface area contributed by atoms with Gasteiger partial charge in [-0.3, -0.25) is 0 Å². The van der Waals surface area contributed by atoms with Gasteiger partial charge in [0.25, 0.3) is 0 Å². The van der Waals surface area contributed by atoms with Gasteiger partial charge in [-0.15, -0.1) is 0 Å². The molecule has 1 aromatic rings. The third-order valence-electron chi connectivity index (χ3n) is 7.87. The van der Waals surface area contributed by atoms with Gasteiger partial charge in [-0.05, 0) is 11.0 Å². The Bertz CT molecular complexity index is 978. The quantitative estimate of drug-likeness (QED) is 0.427. The van der Waals surface area contributed by atoms with E-state index in [4.69, 9.17) is 0 Å². The van der Waals surface area contributed by atoms with E-state index >= 15 is 0 Å². The van der Waals surface area contributed by atoms with Crippen LogP contribution in [-0.4, -0.2) is 16.9 Å². The molecule has 1 fully saturated rings. The Hall–Kier alpha value is -1.42. The van der Waals surface area contributed by atoms with E-state index in [1.165, 1.54) is 74.5 Å². The Morgan fingerprint density at radius 3 is 2.06 bits per heavy atom. The monoisotopic (exact) mass is 524 g/mol. The molecule has 4 rings (SSSR count). The molecular weight excluding hydrogens is 478 g/mol. The molecule has 35 heavy (non-hydrogen) atoms. The third kappa shape index (κ3) is 6.48. The number of hydrogen-bond acceptors (Lipinski definition) is 1. The van der Waals surface area contributed by atoms with Crippen molar-refractivity contribution in [2.24, 2.45) is 5.92 Å². The second-order valence-corrected chi connectivity index (χ2v) is 14.6. The summed E-state index contributed by atoms with van der Waals surface area (Å²) in [7, 11) is 0. The van der Waals surface area contributed by atoms with E-state index in [2.05, 4.69) is 77.3 Å². The van der Waals surface area contributed by atoms with Crippen molar-refractivity contribution in [1.29, 1.82) is 0 Å². The first-order chi connectivity index (χ1) is 16.5. The van der Waals surface area contributed by atoms with Crippen molar-refractivity contribution in [2.45, 2.75) is 93.5 Å². The Labute approximate surface area is 224 Å². The fourth-order valence-electron chi connectivity index (χ4n) is 6.11. The molecule has 0 radical (unpaired) electrons. The molecule has 0 heterocycles. The number of nitrogens with one attached hydrogen (secondary N) is 1. The summed E-state index contributed by atoms with van der Waals surface area (Å²) in [5.74, 6) is 0.350. The number of carbonyl (C=O) groups excluding carboxylic acids is 1. The van der Waals surface area contributed by atoms with Gasteiger partial charge in [0, 0.05) is 0 Å². The van der Waals surface area contributed by atoms with Gasteiger partial charge in [-0.2, -0.15) is 0 Å². The molecule has 189 valence electrons. The predicted octanol–water partition coefficient (Wildman–Crippen LogP) is 6.89. The minimum Gasteiger partial charge on any atom is -0.0149 e. The summed E-state index contributed by atoms with van der Waals surface area (Å²) in [5, 5.41) is 8.50. The van der Waals surface area contributed by atoms with Crippen LogP contribution in [0.3, 0.4) is 0 Å². The van der Waals surface area contributed by atoms with Gasteiger partial charge >= 0.3 is 208 Å². The number of rotatable bonds is 4.